The molecule has 1 aromatic heterocycles. The van der Waals surface area contributed by atoms with Crippen LogP contribution in [0.1, 0.15) is 43.9 Å². The van der Waals surface area contributed by atoms with Gasteiger partial charge in [-0.3, -0.25) is 9.69 Å². The summed E-state index contributed by atoms with van der Waals surface area (Å²) in [5, 5.41) is 4.22. The van der Waals surface area contributed by atoms with Crippen molar-refractivity contribution >= 4 is 11.9 Å². The molecule has 7 nitrogen and oxygen atoms in total. The Morgan fingerprint density at radius 1 is 1.32 bits per heavy atom. The van der Waals surface area contributed by atoms with Crippen molar-refractivity contribution in [3.63, 3.8) is 0 Å². The quantitative estimate of drug-likeness (QED) is 0.773. The Kier molecular flexibility index (Phi) is 4.27. The molecule has 3 heterocycles. The van der Waals surface area contributed by atoms with Crippen LogP contribution in [0.15, 0.2) is 17.2 Å². The standard InChI is InChI=1S/C18H27N5O2/c1-3-9-22-10-8-18(7-6-15(22)24)13-23(12-11-21(18)2)17-19-16(25-20-17)14-4-5-14/h3,14H,1,4-13H2,2H3/t18-/m1/s1. The van der Waals surface area contributed by atoms with Gasteiger partial charge in [0.25, 0.3) is 5.95 Å². The van der Waals surface area contributed by atoms with E-state index in [0.29, 0.717) is 24.8 Å². The lowest BCUT2D eigenvalue weighted by atomic mass is 9.86. The number of carbonyl (C=O) groups is 1. The van der Waals surface area contributed by atoms with Crippen molar-refractivity contribution < 1.29 is 9.32 Å². The number of nitrogens with zero attached hydrogens (tertiary/aromatic N) is 5. The molecule has 2 aliphatic heterocycles. The Balaban J connectivity index is 1.51. The highest BCUT2D eigenvalue weighted by Gasteiger charge is 2.43. The molecule has 0 aromatic carbocycles. The average Bonchev–Trinajstić information content (AvgIpc) is 3.37. The van der Waals surface area contributed by atoms with E-state index in [1.807, 2.05) is 11.0 Å². The van der Waals surface area contributed by atoms with E-state index < -0.39 is 0 Å². The second-order valence-corrected chi connectivity index (χ2v) is 7.65. The molecule has 136 valence electrons. The number of hydrogen-bond donors (Lipinski definition) is 0. The minimum absolute atomic E-state index is 0.00972. The summed E-state index contributed by atoms with van der Waals surface area (Å²) in [5.41, 5.74) is -0.00972. The number of aromatic nitrogens is 2. The van der Waals surface area contributed by atoms with Gasteiger partial charge in [0.2, 0.25) is 11.8 Å². The van der Waals surface area contributed by atoms with Gasteiger partial charge in [-0.25, -0.2) is 0 Å². The van der Waals surface area contributed by atoms with E-state index in [4.69, 9.17) is 4.52 Å². The van der Waals surface area contributed by atoms with Gasteiger partial charge in [0, 0.05) is 50.6 Å². The third-order valence-electron chi connectivity index (χ3n) is 5.99. The summed E-state index contributed by atoms with van der Waals surface area (Å²) in [7, 11) is 2.18. The zero-order valence-corrected chi connectivity index (χ0v) is 15.0. The molecule has 4 rings (SSSR count). The van der Waals surface area contributed by atoms with Crippen LogP contribution in [0.4, 0.5) is 5.95 Å². The average molecular weight is 345 g/mol. The number of amides is 1. The lowest BCUT2D eigenvalue weighted by Gasteiger charge is -2.49. The second kappa shape index (κ2) is 6.44. The van der Waals surface area contributed by atoms with Gasteiger partial charge in [-0.1, -0.05) is 6.08 Å². The summed E-state index contributed by atoms with van der Waals surface area (Å²) < 4.78 is 5.45. The fraction of sp³-hybridized carbons (Fsp3) is 0.722. The maximum atomic E-state index is 12.4. The van der Waals surface area contributed by atoms with Crippen LogP contribution in [0.25, 0.3) is 0 Å². The van der Waals surface area contributed by atoms with Crippen LogP contribution in [0, 0.1) is 0 Å². The minimum Gasteiger partial charge on any atom is -0.339 e. The van der Waals surface area contributed by atoms with Gasteiger partial charge in [-0.05, 0) is 37.9 Å². The van der Waals surface area contributed by atoms with Crippen molar-refractivity contribution in [2.24, 2.45) is 0 Å². The molecule has 1 aromatic rings. The summed E-state index contributed by atoms with van der Waals surface area (Å²) in [4.78, 5) is 23.6. The Hall–Kier alpha value is -1.89. The summed E-state index contributed by atoms with van der Waals surface area (Å²) >= 11 is 0. The highest BCUT2D eigenvalue weighted by atomic mass is 16.5. The summed E-state index contributed by atoms with van der Waals surface area (Å²) in [6.07, 6.45) is 6.56. The molecule has 25 heavy (non-hydrogen) atoms. The Labute approximate surface area is 148 Å². The van der Waals surface area contributed by atoms with Crippen LogP contribution >= 0.6 is 0 Å². The third-order valence-corrected chi connectivity index (χ3v) is 5.99. The molecule has 1 amide bonds. The Morgan fingerprint density at radius 3 is 2.92 bits per heavy atom. The molecule has 1 saturated carbocycles. The monoisotopic (exact) mass is 345 g/mol. The third kappa shape index (κ3) is 3.17. The largest absolute Gasteiger partial charge is 0.339 e. The second-order valence-electron chi connectivity index (χ2n) is 7.65. The lowest BCUT2D eigenvalue weighted by molar-refractivity contribution is -0.130. The fourth-order valence-electron chi connectivity index (χ4n) is 4.06. The van der Waals surface area contributed by atoms with Gasteiger partial charge in [0.15, 0.2) is 0 Å². The predicted molar refractivity (Wildman–Crippen MR) is 94.5 cm³/mol. The maximum Gasteiger partial charge on any atom is 0.266 e. The van der Waals surface area contributed by atoms with Crippen molar-refractivity contribution in [1.82, 2.24) is 19.9 Å². The highest BCUT2D eigenvalue weighted by Crippen LogP contribution is 2.40. The van der Waals surface area contributed by atoms with E-state index in [0.717, 1.165) is 57.8 Å². The Bertz CT molecular complexity index is 656. The molecular formula is C18H27N5O2. The lowest BCUT2D eigenvalue weighted by Crippen LogP contribution is -2.61. The molecule has 1 atom stereocenters. The SMILES string of the molecule is C=CCN1CC[C@]2(CCC1=O)CN(c1noc(C3CC3)n1)CCN2C. The van der Waals surface area contributed by atoms with Crippen LogP contribution in [0.3, 0.4) is 0 Å². The smallest absolute Gasteiger partial charge is 0.266 e. The van der Waals surface area contributed by atoms with Gasteiger partial charge in [-0.2, -0.15) is 4.98 Å². The van der Waals surface area contributed by atoms with Crippen LogP contribution in [0.2, 0.25) is 0 Å². The molecule has 2 saturated heterocycles. The molecule has 0 N–H and O–H groups in total. The van der Waals surface area contributed by atoms with E-state index in [-0.39, 0.29) is 11.4 Å². The minimum atomic E-state index is -0.00972. The number of piperazine rings is 1. The molecule has 3 fully saturated rings. The molecule has 1 aliphatic carbocycles. The number of hydrogen-bond acceptors (Lipinski definition) is 6. The van der Waals surface area contributed by atoms with Crippen LogP contribution in [0.5, 0.6) is 0 Å². The van der Waals surface area contributed by atoms with Crippen molar-refractivity contribution in [1.29, 1.82) is 0 Å². The van der Waals surface area contributed by atoms with Gasteiger partial charge < -0.3 is 14.3 Å². The molecule has 7 heteroatoms. The first-order chi connectivity index (χ1) is 12.1. The maximum absolute atomic E-state index is 12.4. The van der Waals surface area contributed by atoms with Crippen LogP contribution in [-0.4, -0.2) is 71.2 Å². The van der Waals surface area contributed by atoms with Crippen molar-refractivity contribution in [3.05, 3.63) is 18.5 Å². The van der Waals surface area contributed by atoms with Gasteiger partial charge in [-0.15, -0.1) is 6.58 Å². The normalized spacial score (nSPS) is 28.4. The number of rotatable bonds is 4. The van der Waals surface area contributed by atoms with Gasteiger partial charge >= 0.3 is 0 Å². The number of carbonyl (C=O) groups excluding carboxylic acids is 1. The first-order valence-corrected chi connectivity index (χ1v) is 9.30. The van der Waals surface area contributed by atoms with E-state index in [1.165, 1.54) is 0 Å². The van der Waals surface area contributed by atoms with Gasteiger partial charge in [0.1, 0.15) is 0 Å². The number of likely N-dealkylation sites (N-methyl/N-ethyl adjacent to an activating group) is 1. The fourth-order valence-corrected chi connectivity index (χ4v) is 4.06. The van der Waals surface area contributed by atoms with Crippen molar-refractivity contribution in [2.45, 2.75) is 43.6 Å². The van der Waals surface area contributed by atoms with Crippen LogP contribution < -0.4 is 4.90 Å². The zero-order valence-electron chi connectivity index (χ0n) is 15.0. The molecular weight excluding hydrogens is 318 g/mol. The van der Waals surface area contributed by atoms with E-state index in [2.05, 4.69) is 33.6 Å². The summed E-state index contributed by atoms with van der Waals surface area (Å²) in [6.45, 7) is 7.88. The summed E-state index contributed by atoms with van der Waals surface area (Å²) in [6, 6.07) is 0. The van der Waals surface area contributed by atoms with E-state index >= 15 is 0 Å². The molecule has 0 unspecified atom stereocenters. The molecule has 1 spiro atoms. The molecule has 0 radical (unpaired) electrons. The first kappa shape index (κ1) is 16.6. The summed E-state index contributed by atoms with van der Waals surface area (Å²) in [5.74, 6) is 2.22. The molecule has 3 aliphatic rings. The topological polar surface area (TPSA) is 65.7 Å². The van der Waals surface area contributed by atoms with Crippen molar-refractivity contribution in [3.8, 4) is 0 Å². The predicted octanol–water partition coefficient (Wildman–Crippen LogP) is 1.64. The molecule has 0 bridgehead atoms. The zero-order chi connectivity index (χ0) is 17.4. The number of anilines is 1. The van der Waals surface area contributed by atoms with Crippen molar-refractivity contribution in [2.75, 3.05) is 44.7 Å². The van der Waals surface area contributed by atoms with E-state index in [1.54, 1.807) is 0 Å². The first-order valence-electron chi connectivity index (χ1n) is 9.30. The number of likely N-dealkylation sites (tertiary alicyclic amines) is 1. The highest BCUT2D eigenvalue weighted by molar-refractivity contribution is 5.76. The van der Waals surface area contributed by atoms with Crippen LogP contribution in [-0.2, 0) is 4.79 Å². The van der Waals surface area contributed by atoms with Gasteiger partial charge in [0.05, 0.1) is 0 Å². The van der Waals surface area contributed by atoms with E-state index in [9.17, 15) is 4.79 Å². The Morgan fingerprint density at radius 2 is 2.16 bits per heavy atom.